The molecule has 2 rings (SSSR count). The van der Waals surface area contributed by atoms with Gasteiger partial charge in [-0.3, -0.25) is 19.2 Å². The number of unbranched alkanes of at least 4 members (excludes halogenated alkanes) is 44. The van der Waals surface area contributed by atoms with Crippen LogP contribution >= 0.6 is 0 Å². The van der Waals surface area contributed by atoms with E-state index in [4.69, 9.17) is 18.9 Å². The van der Waals surface area contributed by atoms with Crippen molar-refractivity contribution < 1.29 is 47.7 Å². The molecular formula is C100H178N6O10. The summed E-state index contributed by atoms with van der Waals surface area (Å²) in [6, 6.07) is 11.4. The molecule has 668 valence electrons. The maximum atomic E-state index is 13.5. The van der Waals surface area contributed by atoms with Gasteiger partial charge >= 0.3 is 11.9 Å². The van der Waals surface area contributed by atoms with E-state index in [1.807, 2.05) is 6.07 Å². The number of azo groups is 1. The fourth-order valence-electron chi connectivity index (χ4n) is 16.2. The van der Waals surface area contributed by atoms with Crippen molar-refractivity contribution in [1.82, 2.24) is 16.1 Å². The number of Topliss-reactive ketones (excluding diaryl/α,β-unsaturated/α-hetero) is 2. The van der Waals surface area contributed by atoms with E-state index in [0.29, 0.717) is 63.6 Å². The second-order valence-corrected chi connectivity index (χ2v) is 34.2. The van der Waals surface area contributed by atoms with Crippen molar-refractivity contribution in [2.75, 3.05) is 44.9 Å². The van der Waals surface area contributed by atoms with Gasteiger partial charge in [-0.15, -0.1) is 0 Å². The van der Waals surface area contributed by atoms with Crippen molar-refractivity contribution in [3.63, 3.8) is 0 Å². The van der Waals surface area contributed by atoms with E-state index in [9.17, 15) is 28.8 Å². The minimum Gasteiger partial charge on any atom is -0.462 e. The number of hydrogen-bond acceptors (Lipinski definition) is 14. The van der Waals surface area contributed by atoms with Gasteiger partial charge in [-0.05, 0) is 101 Å². The summed E-state index contributed by atoms with van der Waals surface area (Å²) in [6.45, 7) is 18.9. The van der Waals surface area contributed by atoms with Crippen LogP contribution in [-0.4, -0.2) is 99.1 Å². The van der Waals surface area contributed by atoms with E-state index in [2.05, 4.69) is 73.3 Å². The van der Waals surface area contributed by atoms with Gasteiger partial charge in [0, 0.05) is 26.3 Å². The van der Waals surface area contributed by atoms with Crippen LogP contribution in [0.5, 0.6) is 0 Å². The number of para-hydroxylation sites is 1. The molecule has 0 aromatic heterocycles. The van der Waals surface area contributed by atoms with Crippen LogP contribution in [0.4, 0.5) is 11.4 Å². The van der Waals surface area contributed by atoms with Crippen molar-refractivity contribution in [3.05, 3.63) is 59.7 Å². The van der Waals surface area contributed by atoms with Crippen molar-refractivity contribution in [3.8, 4) is 0 Å². The Morgan fingerprint density at radius 2 is 0.621 bits per heavy atom. The molecule has 0 fully saturated rings. The Balaban J connectivity index is 1.90. The van der Waals surface area contributed by atoms with Gasteiger partial charge in [0.2, 0.25) is 11.9 Å². The van der Waals surface area contributed by atoms with Crippen LogP contribution in [0.2, 0.25) is 0 Å². The molecule has 0 heterocycles. The number of hydrogen-bond donors (Lipinski definition) is 4. The van der Waals surface area contributed by atoms with Gasteiger partial charge in [0.1, 0.15) is 0 Å². The highest BCUT2D eigenvalue weighted by molar-refractivity contribution is 6.05. The number of nitrogens with one attached hydrogen (secondary N) is 4. The third-order valence-corrected chi connectivity index (χ3v) is 23.6. The fourth-order valence-corrected chi connectivity index (χ4v) is 16.2. The zero-order chi connectivity index (χ0) is 84.0. The summed E-state index contributed by atoms with van der Waals surface area (Å²) in [4.78, 5) is 79.3. The van der Waals surface area contributed by atoms with Gasteiger partial charge in [0.15, 0.2) is 17.6 Å². The highest BCUT2D eigenvalue weighted by Gasteiger charge is 2.27. The van der Waals surface area contributed by atoms with Crippen molar-refractivity contribution in [1.29, 1.82) is 0 Å². The Bertz CT molecular complexity index is 2690. The molecule has 0 saturated heterocycles. The van der Waals surface area contributed by atoms with Gasteiger partial charge in [-0.2, -0.15) is 10.2 Å². The first-order valence-corrected chi connectivity index (χ1v) is 49.1. The number of hydrazine groups is 1. The topological polar surface area (TPSA) is 212 Å². The predicted molar refractivity (Wildman–Crippen MR) is 486 cm³/mol. The first kappa shape index (κ1) is 107. The van der Waals surface area contributed by atoms with E-state index in [1.165, 1.54) is 335 Å². The Morgan fingerprint density at radius 1 is 0.319 bits per heavy atom. The van der Waals surface area contributed by atoms with E-state index in [-0.39, 0.29) is 29.2 Å². The molecule has 116 heavy (non-hydrogen) atoms. The molecule has 16 nitrogen and oxygen atoms in total. The lowest BCUT2D eigenvalue weighted by atomic mass is 9.78. The number of anilines is 1. The van der Waals surface area contributed by atoms with Gasteiger partial charge in [0.25, 0.3) is 5.91 Å². The van der Waals surface area contributed by atoms with Gasteiger partial charge in [-0.1, -0.05) is 413 Å². The molecule has 0 aliphatic rings. The van der Waals surface area contributed by atoms with E-state index in [0.717, 1.165) is 76.0 Å². The SMILES string of the molecule is CCCCCCCCCC(CCCCCCCC)OCCCNC(=O)C(N=Nc1ccccc1C(=O)OCCCCCCCCC(CCCCCCCCC)C(CCCCCCCCC)CCCCCCCCOC(=O)c1ccccc1NNC(C(C)=O)C(=O)NCCCOC(CCCCCCCC)CCCCCCCCC)C(C)=O. The standard InChI is InChI=1S/C100H178N6O10/c1-9-15-21-27-33-41-51-67-87(69-53-43-37-39-49-63-81-115-99(111)91-75-59-61-77-93(91)103-105-95(85(7)107)97(109)101-79-65-83-113-89(71-55-45-31-25-19-13-5)73-57-47-35-29-23-17-11-3)88(68-52-42-34-28-22-16-10-2)70-54-44-38-40-50-64-82-116-100(112)92-76-60-62-78-94(92)104-106-96(86(8)108)98(110)102-80-66-84-114-90(72-56-46-32-26-20-14-6)74-58-48-36-30-24-18-12-4/h59-62,75-78,87-90,95-96,103,105H,9-58,63-74,79-84H2,1-8H3,(H,101,109)(H,102,110). The smallest absolute Gasteiger partial charge is 0.340 e. The van der Waals surface area contributed by atoms with Crippen molar-refractivity contribution in [2.45, 2.75) is 478 Å². The summed E-state index contributed by atoms with van der Waals surface area (Å²) in [5.74, 6) is -1.09. The molecule has 2 aromatic rings. The van der Waals surface area contributed by atoms with Crippen LogP contribution in [0.15, 0.2) is 58.8 Å². The lowest BCUT2D eigenvalue weighted by Gasteiger charge is -2.28. The number of ether oxygens (including phenoxy) is 4. The lowest BCUT2D eigenvalue weighted by Crippen LogP contribution is -2.51. The third kappa shape index (κ3) is 58.8. The van der Waals surface area contributed by atoms with Crippen LogP contribution < -0.4 is 21.5 Å². The van der Waals surface area contributed by atoms with E-state index >= 15 is 0 Å². The molecule has 4 N–H and O–H groups in total. The minimum absolute atomic E-state index is 0.235. The van der Waals surface area contributed by atoms with Crippen molar-refractivity contribution >= 4 is 46.7 Å². The second kappa shape index (κ2) is 78.5. The van der Waals surface area contributed by atoms with Gasteiger partial charge in [0.05, 0.1) is 47.9 Å². The van der Waals surface area contributed by atoms with Gasteiger partial charge in [-0.25, -0.2) is 15.0 Å². The van der Waals surface area contributed by atoms with Gasteiger partial charge < -0.3 is 35.0 Å². The van der Waals surface area contributed by atoms with E-state index < -0.39 is 41.6 Å². The fraction of sp³-hybridized carbons (Fsp3) is 0.820. The Morgan fingerprint density at radius 3 is 0.974 bits per heavy atom. The first-order chi connectivity index (χ1) is 56.8. The van der Waals surface area contributed by atoms with Crippen LogP contribution in [0.1, 0.15) is 474 Å². The Labute approximate surface area is 711 Å². The number of benzene rings is 2. The number of rotatable bonds is 86. The Kier molecular flexibility index (Phi) is 72.4. The molecule has 6 unspecified atom stereocenters. The molecule has 2 amide bonds. The molecule has 0 aliphatic heterocycles. The molecule has 16 heteroatoms. The molecule has 0 spiro atoms. The monoisotopic (exact) mass is 1620 g/mol. The number of nitrogens with zero attached hydrogens (tertiary/aromatic N) is 2. The predicted octanol–water partition coefficient (Wildman–Crippen LogP) is 28.2. The van der Waals surface area contributed by atoms with Crippen molar-refractivity contribution in [2.24, 2.45) is 22.1 Å². The molecule has 2 aromatic carbocycles. The van der Waals surface area contributed by atoms with Crippen LogP contribution in [-0.2, 0) is 38.1 Å². The number of esters is 2. The zero-order valence-electron chi connectivity index (χ0n) is 76.1. The minimum atomic E-state index is -1.32. The molecular weight excluding hydrogens is 1450 g/mol. The molecule has 6 atom stereocenters. The summed E-state index contributed by atoms with van der Waals surface area (Å²) in [5, 5.41) is 14.3. The largest absolute Gasteiger partial charge is 0.462 e. The molecule has 0 bridgehead atoms. The van der Waals surface area contributed by atoms with Crippen LogP contribution in [0.25, 0.3) is 0 Å². The Hall–Kier alpha value is -5.06. The molecule has 0 radical (unpaired) electrons. The van der Waals surface area contributed by atoms with Crippen LogP contribution in [0.3, 0.4) is 0 Å². The number of amides is 2. The summed E-state index contributed by atoms with van der Waals surface area (Å²) < 4.78 is 24.4. The summed E-state index contributed by atoms with van der Waals surface area (Å²) >= 11 is 0. The van der Waals surface area contributed by atoms with E-state index in [1.54, 1.807) is 42.5 Å². The first-order valence-electron chi connectivity index (χ1n) is 49.1. The maximum Gasteiger partial charge on any atom is 0.340 e. The second-order valence-electron chi connectivity index (χ2n) is 34.2. The molecule has 0 aliphatic carbocycles. The normalized spacial score (nSPS) is 13.2. The number of ketones is 2. The zero-order valence-corrected chi connectivity index (χ0v) is 76.1. The maximum absolute atomic E-state index is 13.5. The average molecular weight is 1620 g/mol. The number of carbonyl (C=O) groups is 6. The van der Waals surface area contributed by atoms with Crippen LogP contribution in [0, 0.1) is 11.8 Å². The highest BCUT2D eigenvalue weighted by Crippen LogP contribution is 2.35. The average Bonchev–Trinajstić information content (AvgIpc) is 0.857. The third-order valence-electron chi connectivity index (χ3n) is 23.6. The summed E-state index contributed by atoms with van der Waals surface area (Å²) in [5.41, 5.74) is 7.20. The lowest BCUT2D eigenvalue weighted by molar-refractivity contribution is -0.131. The quantitative estimate of drug-likeness (QED) is 0.0160. The molecule has 0 saturated carbocycles. The number of carbonyl (C=O) groups excluding carboxylic acids is 6. The summed E-state index contributed by atoms with van der Waals surface area (Å²) in [7, 11) is 0. The highest BCUT2D eigenvalue weighted by atomic mass is 16.5. The summed E-state index contributed by atoms with van der Waals surface area (Å²) in [6.07, 6.45) is 76.3.